The van der Waals surface area contributed by atoms with Gasteiger partial charge in [-0.25, -0.2) is 0 Å². The van der Waals surface area contributed by atoms with Gasteiger partial charge in [-0.2, -0.15) is 5.26 Å². The lowest BCUT2D eigenvalue weighted by Gasteiger charge is -2.24. The Morgan fingerprint density at radius 1 is 1.05 bits per heavy atom. The molecule has 0 amide bonds. The maximum absolute atomic E-state index is 9.49. The zero-order valence-corrected chi connectivity index (χ0v) is 12.1. The van der Waals surface area contributed by atoms with Gasteiger partial charge in [-0.15, -0.1) is 0 Å². The molecule has 2 nitrogen and oxygen atoms in total. The predicted molar refractivity (Wildman–Crippen MR) is 82.3 cm³/mol. The molecular formula is C18H20N2. The van der Waals surface area contributed by atoms with Crippen LogP contribution in [0.1, 0.15) is 23.6 Å². The van der Waals surface area contributed by atoms with Gasteiger partial charge in [0.05, 0.1) is 6.07 Å². The fourth-order valence-corrected chi connectivity index (χ4v) is 2.19. The van der Waals surface area contributed by atoms with Gasteiger partial charge in [0.2, 0.25) is 0 Å². The molecule has 0 fully saturated rings. The number of aryl methyl sites for hydroxylation is 1. The van der Waals surface area contributed by atoms with Crippen molar-refractivity contribution in [3.05, 3.63) is 71.3 Å². The second kappa shape index (κ2) is 6.36. The smallest absolute Gasteiger partial charge is 0.129 e. The second-order valence-corrected chi connectivity index (χ2v) is 5.27. The number of rotatable bonds is 5. The van der Waals surface area contributed by atoms with E-state index in [4.69, 9.17) is 0 Å². The van der Waals surface area contributed by atoms with Crippen LogP contribution in [0, 0.1) is 18.3 Å². The minimum atomic E-state index is -0.636. The molecule has 1 atom stereocenters. The van der Waals surface area contributed by atoms with E-state index in [2.05, 4.69) is 30.4 Å². The minimum Gasteiger partial charge on any atom is -0.296 e. The van der Waals surface area contributed by atoms with Crippen molar-refractivity contribution in [2.24, 2.45) is 0 Å². The normalized spacial score (nSPS) is 13.4. The SMILES string of the molecule is Cc1ccc(C(C)(C#N)NCCc2ccccc2)cc1. The zero-order valence-electron chi connectivity index (χ0n) is 12.1. The molecule has 0 aliphatic carbocycles. The van der Waals surface area contributed by atoms with Crippen LogP contribution in [0.2, 0.25) is 0 Å². The summed E-state index contributed by atoms with van der Waals surface area (Å²) in [5.41, 5.74) is 2.86. The number of hydrogen-bond acceptors (Lipinski definition) is 2. The fourth-order valence-electron chi connectivity index (χ4n) is 2.19. The van der Waals surface area contributed by atoms with Crippen LogP contribution in [-0.4, -0.2) is 6.54 Å². The Balaban J connectivity index is 2.01. The molecule has 0 saturated heterocycles. The van der Waals surface area contributed by atoms with Crippen LogP contribution < -0.4 is 5.32 Å². The molecule has 2 rings (SSSR count). The standard InChI is InChI=1S/C18H20N2/c1-15-8-10-17(11-9-15)18(2,14-19)20-13-12-16-6-4-3-5-7-16/h3-11,20H,12-13H2,1-2H3. The molecule has 0 spiro atoms. The molecule has 0 aliphatic rings. The molecule has 0 saturated carbocycles. The summed E-state index contributed by atoms with van der Waals surface area (Å²) in [4.78, 5) is 0. The highest BCUT2D eigenvalue weighted by atomic mass is 15.0. The van der Waals surface area contributed by atoms with Crippen molar-refractivity contribution < 1.29 is 0 Å². The van der Waals surface area contributed by atoms with E-state index in [1.54, 1.807) is 0 Å². The Kier molecular flexibility index (Phi) is 4.55. The van der Waals surface area contributed by atoms with E-state index in [1.807, 2.05) is 49.4 Å². The fraction of sp³-hybridized carbons (Fsp3) is 0.278. The maximum Gasteiger partial charge on any atom is 0.129 e. The Bertz CT molecular complexity index is 581. The Labute approximate surface area is 121 Å². The number of nitriles is 1. The van der Waals surface area contributed by atoms with Gasteiger partial charge in [-0.3, -0.25) is 5.32 Å². The van der Waals surface area contributed by atoms with E-state index in [0.29, 0.717) is 0 Å². The molecule has 2 heteroatoms. The third kappa shape index (κ3) is 3.46. The van der Waals surface area contributed by atoms with E-state index in [1.165, 1.54) is 11.1 Å². The average Bonchev–Trinajstić information content (AvgIpc) is 2.49. The molecule has 20 heavy (non-hydrogen) atoms. The van der Waals surface area contributed by atoms with Gasteiger partial charge < -0.3 is 0 Å². The van der Waals surface area contributed by atoms with Gasteiger partial charge in [0.1, 0.15) is 5.54 Å². The van der Waals surface area contributed by atoms with Crippen molar-refractivity contribution in [3.8, 4) is 6.07 Å². The van der Waals surface area contributed by atoms with Gasteiger partial charge in [-0.05, 0) is 31.4 Å². The van der Waals surface area contributed by atoms with Gasteiger partial charge in [-0.1, -0.05) is 60.2 Å². The first-order valence-electron chi connectivity index (χ1n) is 6.91. The van der Waals surface area contributed by atoms with Crippen molar-refractivity contribution in [1.82, 2.24) is 5.32 Å². The van der Waals surface area contributed by atoms with Crippen LogP contribution in [0.15, 0.2) is 54.6 Å². The Morgan fingerprint density at radius 3 is 2.30 bits per heavy atom. The average molecular weight is 264 g/mol. The van der Waals surface area contributed by atoms with Crippen molar-refractivity contribution in [2.75, 3.05) is 6.54 Å². The van der Waals surface area contributed by atoms with Crippen LogP contribution in [0.5, 0.6) is 0 Å². The lowest BCUT2D eigenvalue weighted by atomic mass is 9.92. The van der Waals surface area contributed by atoms with E-state index in [0.717, 1.165) is 18.5 Å². The molecular weight excluding hydrogens is 244 g/mol. The number of hydrogen-bond donors (Lipinski definition) is 1. The number of nitrogens with one attached hydrogen (secondary N) is 1. The first kappa shape index (κ1) is 14.3. The largest absolute Gasteiger partial charge is 0.296 e. The van der Waals surface area contributed by atoms with Crippen LogP contribution in [0.25, 0.3) is 0 Å². The first-order valence-corrected chi connectivity index (χ1v) is 6.91. The molecule has 1 N–H and O–H groups in total. The van der Waals surface area contributed by atoms with Crippen LogP contribution >= 0.6 is 0 Å². The molecule has 0 aliphatic heterocycles. The lowest BCUT2D eigenvalue weighted by molar-refractivity contribution is 0.469. The van der Waals surface area contributed by atoms with Crippen LogP contribution in [0.4, 0.5) is 0 Å². The third-order valence-corrected chi connectivity index (χ3v) is 3.59. The highest BCUT2D eigenvalue weighted by Crippen LogP contribution is 2.20. The van der Waals surface area contributed by atoms with Crippen molar-refractivity contribution >= 4 is 0 Å². The number of nitrogens with zero attached hydrogens (tertiary/aromatic N) is 1. The summed E-state index contributed by atoms with van der Waals surface area (Å²) in [7, 11) is 0. The summed E-state index contributed by atoms with van der Waals surface area (Å²) in [5, 5.41) is 12.9. The van der Waals surface area contributed by atoms with Gasteiger partial charge in [0, 0.05) is 6.54 Å². The van der Waals surface area contributed by atoms with E-state index < -0.39 is 5.54 Å². The maximum atomic E-state index is 9.49. The summed E-state index contributed by atoms with van der Waals surface area (Å²) in [6, 6.07) is 20.8. The van der Waals surface area contributed by atoms with E-state index in [-0.39, 0.29) is 0 Å². The van der Waals surface area contributed by atoms with Crippen LogP contribution in [0.3, 0.4) is 0 Å². The van der Waals surface area contributed by atoms with Crippen molar-refractivity contribution in [2.45, 2.75) is 25.8 Å². The number of benzene rings is 2. The van der Waals surface area contributed by atoms with Gasteiger partial charge >= 0.3 is 0 Å². The quantitative estimate of drug-likeness (QED) is 0.896. The van der Waals surface area contributed by atoms with Crippen molar-refractivity contribution in [1.29, 1.82) is 5.26 Å². The van der Waals surface area contributed by atoms with Crippen molar-refractivity contribution in [3.63, 3.8) is 0 Å². The monoisotopic (exact) mass is 264 g/mol. The highest BCUT2D eigenvalue weighted by Gasteiger charge is 2.25. The topological polar surface area (TPSA) is 35.8 Å². The molecule has 102 valence electrons. The van der Waals surface area contributed by atoms with Gasteiger partial charge in [0.25, 0.3) is 0 Å². The molecule has 2 aromatic rings. The first-order chi connectivity index (χ1) is 9.64. The highest BCUT2D eigenvalue weighted by molar-refractivity contribution is 5.32. The summed E-state index contributed by atoms with van der Waals surface area (Å²) in [5.74, 6) is 0. The lowest BCUT2D eigenvalue weighted by Crippen LogP contribution is -2.39. The molecule has 2 aromatic carbocycles. The Morgan fingerprint density at radius 2 is 1.70 bits per heavy atom. The predicted octanol–water partition coefficient (Wildman–Crippen LogP) is 3.57. The Hall–Kier alpha value is -2.11. The zero-order chi connectivity index (χ0) is 14.4. The summed E-state index contributed by atoms with van der Waals surface area (Å²) >= 11 is 0. The second-order valence-electron chi connectivity index (χ2n) is 5.27. The third-order valence-electron chi connectivity index (χ3n) is 3.59. The molecule has 0 radical (unpaired) electrons. The van der Waals surface area contributed by atoms with Crippen LogP contribution in [-0.2, 0) is 12.0 Å². The van der Waals surface area contributed by atoms with Gasteiger partial charge in [0.15, 0.2) is 0 Å². The molecule has 0 aromatic heterocycles. The summed E-state index contributed by atoms with van der Waals surface area (Å²) < 4.78 is 0. The molecule has 0 bridgehead atoms. The summed E-state index contributed by atoms with van der Waals surface area (Å²) in [6.45, 7) is 4.76. The van der Waals surface area contributed by atoms with E-state index in [9.17, 15) is 5.26 Å². The molecule has 0 heterocycles. The summed E-state index contributed by atoms with van der Waals surface area (Å²) in [6.07, 6.45) is 0.921. The minimum absolute atomic E-state index is 0.636. The molecule has 1 unspecified atom stereocenters. The van der Waals surface area contributed by atoms with E-state index >= 15 is 0 Å².